The van der Waals surface area contributed by atoms with E-state index in [-0.39, 0.29) is 22.7 Å². The summed E-state index contributed by atoms with van der Waals surface area (Å²) in [6.07, 6.45) is 0.800. The number of aromatic nitrogens is 2. The molecule has 1 fully saturated rings. The summed E-state index contributed by atoms with van der Waals surface area (Å²) in [5, 5.41) is 7.12. The number of carbonyl (C=O) groups is 1. The standard InChI is InChI=1S/C17H29N5O2/c1-5-8-22-15(23)7-6-14(19-22)16(24)18-13-17(2,3)21-11-9-20(4)10-12-21/h6-7H,5,8-13H2,1-4H3,(H,18,24). The molecule has 0 aromatic carbocycles. The fraction of sp³-hybridized carbons (Fsp3) is 0.706. The second kappa shape index (κ2) is 7.90. The number of nitrogens with zero attached hydrogens (tertiary/aromatic N) is 4. The van der Waals surface area contributed by atoms with Crippen LogP contribution >= 0.6 is 0 Å². The highest BCUT2D eigenvalue weighted by molar-refractivity contribution is 5.92. The molecule has 134 valence electrons. The van der Waals surface area contributed by atoms with Crippen LogP contribution in [0.15, 0.2) is 16.9 Å². The third-order valence-electron chi connectivity index (χ3n) is 4.58. The molecular formula is C17H29N5O2. The molecule has 7 heteroatoms. The van der Waals surface area contributed by atoms with Crippen LogP contribution < -0.4 is 10.9 Å². The van der Waals surface area contributed by atoms with Crippen molar-refractivity contribution in [3.63, 3.8) is 0 Å². The van der Waals surface area contributed by atoms with Crippen LogP contribution in [0.4, 0.5) is 0 Å². The van der Waals surface area contributed by atoms with E-state index < -0.39 is 0 Å². The van der Waals surface area contributed by atoms with Gasteiger partial charge in [0.2, 0.25) is 0 Å². The lowest BCUT2D eigenvalue weighted by molar-refractivity contribution is 0.0586. The maximum absolute atomic E-state index is 12.4. The van der Waals surface area contributed by atoms with Crippen LogP contribution in [0.5, 0.6) is 0 Å². The zero-order valence-corrected chi connectivity index (χ0v) is 15.2. The van der Waals surface area contributed by atoms with E-state index in [4.69, 9.17) is 0 Å². The van der Waals surface area contributed by atoms with Gasteiger partial charge in [0.25, 0.3) is 11.5 Å². The molecule has 1 aromatic heterocycles. The lowest BCUT2D eigenvalue weighted by Gasteiger charge is -2.43. The van der Waals surface area contributed by atoms with E-state index in [1.807, 2.05) is 6.92 Å². The lowest BCUT2D eigenvalue weighted by atomic mass is 10.0. The number of rotatable bonds is 6. The summed E-state index contributed by atoms with van der Waals surface area (Å²) in [6.45, 7) is 11.4. The molecular weight excluding hydrogens is 306 g/mol. The minimum atomic E-state index is -0.234. The van der Waals surface area contributed by atoms with Crippen molar-refractivity contribution in [2.45, 2.75) is 39.3 Å². The Morgan fingerprint density at radius 2 is 1.92 bits per heavy atom. The molecule has 1 saturated heterocycles. The topological polar surface area (TPSA) is 70.5 Å². The highest BCUT2D eigenvalue weighted by Crippen LogP contribution is 2.15. The van der Waals surface area contributed by atoms with Crippen molar-refractivity contribution in [3.8, 4) is 0 Å². The minimum absolute atomic E-state index is 0.116. The highest BCUT2D eigenvalue weighted by Gasteiger charge is 2.29. The molecule has 1 aliphatic rings. The number of piperazine rings is 1. The molecule has 1 N–H and O–H groups in total. The van der Waals surface area contributed by atoms with Crippen LogP contribution in [-0.4, -0.2) is 70.8 Å². The van der Waals surface area contributed by atoms with Crippen molar-refractivity contribution >= 4 is 5.91 Å². The van der Waals surface area contributed by atoms with Gasteiger partial charge in [-0.1, -0.05) is 6.92 Å². The summed E-state index contributed by atoms with van der Waals surface area (Å²) in [5.41, 5.74) is -0.00203. The summed E-state index contributed by atoms with van der Waals surface area (Å²) in [4.78, 5) is 28.8. The Kier molecular flexibility index (Phi) is 6.12. The van der Waals surface area contributed by atoms with Gasteiger partial charge in [0, 0.05) is 50.9 Å². The lowest BCUT2D eigenvalue weighted by Crippen LogP contribution is -2.57. The van der Waals surface area contributed by atoms with Gasteiger partial charge in [0.1, 0.15) is 5.69 Å². The van der Waals surface area contributed by atoms with E-state index in [0.717, 1.165) is 32.6 Å². The molecule has 24 heavy (non-hydrogen) atoms. The number of nitrogens with one attached hydrogen (secondary N) is 1. The van der Waals surface area contributed by atoms with Crippen LogP contribution in [-0.2, 0) is 6.54 Å². The molecule has 0 saturated carbocycles. The molecule has 1 amide bonds. The van der Waals surface area contributed by atoms with Gasteiger partial charge in [-0.05, 0) is 33.4 Å². The molecule has 2 heterocycles. The number of amides is 1. The van der Waals surface area contributed by atoms with Crippen molar-refractivity contribution in [3.05, 3.63) is 28.2 Å². The molecule has 0 atom stereocenters. The normalized spacial score (nSPS) is 17.0. The molecule has 0 aliphatic carbocycles. The Morgan fingerprint density at radius 3 is 2.54 bits per heavy atom. The van der Waals surface area contributed by atoms with Gasteiger partial charge in [-0.2, -0.15) is 5.10 Å². The maximum Gasteiger partial charge on any atom is 0.271 e. The largest absolute Gasteiger partial charge is 0.349 e. The summed E-state index contributed by atoms with van der Waals surface area (Å²) in [6, 6.07) is 2.90. The van der Waals surface area contributed by atoms with Crippen molar-refractivity contribution < 1.29 is 4.79 Å². The Hall–Kier alpha value is -1.73. The van der Waals surface area contributed by atoms with E-state index in [0.29, 0.717) is 13.1 Å². The summed E-state index contributed by atoms with van der Waals surface area (Å²) in [7, 11) is 2.13. The van der Waals surface area contributed by atoms with E-state index in [9.17, 15) is 9.59 Å². The van der Waals surface area contributed by atoms with E-state index >= 15 is 0 Å². The summed E-state index contributed by atoms with van der Waals surface area (Å²) < 4.78 is 1.35. The van der Waals surface area contributed by atoms with Crippen LogP contribution in [0, 0.1) is 0 Å². The Balaban J connectivity index is 1.97. The predicted molar refractivity (Wildman–Crippen MR) is 94.3 cm³/mol. The number of carbonyl (C=O) groups excluding carboxylic acids is 1. The zero-order valence-electron chi connectivity index (χ0n) is 15.2. The number of hydrogen-bond acceptors (Lipinski definition) is 5. The van der Waals surface area contributed by atoms with Crippen molar-refractivity contribution in [1.29, 1.82) is 0 Å². The van der Waals surface area contributed by atoms with Gasteiger partial charge in [0.15, 0.2) is 0 Å². The number of aryl methyl sites for hydroxylation is 1. The molecule has 2 rings (SSSR count). The van der Waals surface area contributed by atoms with E-state index in [1.54, 1.807) is 0 Å². The number of likely N-dealkylation sites (N-methyl/N-ethyl adjacent to an activating group) is 1. The van der Waals surface area contributed by atoms with Gasteiger partial charge < -0.3 is 10.2 Å². The van der Waals surface area contributed by atoms with Gasteiger partial charge in [-0.25, -0.2) is 4.68 Å². The average Bonchev–Trinajstić information content (AvgIpc) is 2.55. The molecule has 0 radical (unpaired) electrons. The Bertz CT molecular complexity index is 618. The zero-order chi connectivity index (χ0) is 17.7. The summed E-state index contributed by atoms with van der Waals surface area (Å²) in [5.74, 6) is -0.234. The van der Waals surface area contributed by atoms with Crippen molar-refractivity contribution in [2.24, 2.45) is 0 Å². The smallest absolute Gasteiger partial charge is 0.271 e. The molecule has 1 aliphatic heterocycles. The Labute approximate surface area is 143 Å². The first kappa shape index (κ1) is 18.6. The molecule has 0 bridgehead atoms. The predicted octanol–water partition coefficient (Wildman–Crippen LogP) is 0.409. The first-order chi connectivity index (χ1) is 11.3. The number of hydrogen-bond donors (Lipinski definition) is 1. The van der Waals surface area contributed by atoms with Crippen LogP contribution in [0.3, 0.4) is 0 Å². The third kappa shape index (κ3) is 4.64. The fourth-order valence-electron chi connectivity index (χ4n) is 2.85. The summed E-state index contributed by atoms with van der Waals surface area (Å²) >= 11 is 0. The van der Waals surface area contributed by atoms with Crippen molar-refractivity contribution in [2.75, 3.05) is 39.8 Å². The molecule has 7 nitrogen and oxygen atoms in total. The van der Waals surface area contributed by atoms with Crippen LogP contribution in [0.2, 0.25) is 0 Å². The minimum Gasteiger partial charge on any atom is -0.349 e. The van der Waals surface area contributed by atoms with Gasteiger partial charge >= 0.3 is 0 Å². The molecule has 0 spiro atoms. The first-order valence-electron chi connectivity index (χ1n) is 8.63. The van der Waals surface area contributed by atoms with Gasteiger partial charge in [-0.3, -0.25) is 14.5 Å². The molecule has 1 aromatic rings. The first-order valence-corrected chi connectivity index (χ1v) is 8.63. The monoisotopic (exact) mass is 335 g/mol. The molecule has 0 unspecified atom stereocenters. The third-order valence-corrected chi connectivity index (χ3v) is 4.58. The van der Waals surface area contributed by atoms with Gasteiger partial charge in [0.05, 0.1) is 0 Å². The SMILES string of the molecule is CCCn1nc(C(=O)NCC(C)(C)N2CCN(C)CC2)ccc1=O. The van der Waals surface area contributed by atoms with E-state index in [2.05, 4.69) is 41.1 Å². The average molecular weight is 335 g/mol. The highest BCUT2D eigenvalue weighted by atomic mass is 16.2. The van der Waals surface area contributed by atoms with Crippen molar-refractivity contribution in [1.82, 2.24) is 24.9 Å². The second-order valence-corrected chi connectivity index (χ2v) is 7.07. The quantitative estimate of drug-likeness (QED) is 0.815. The van der Waals surface area contributed by atoms with E-state index in [1.165, 1.54) is 16.8 Å². The van der Waals surface area contributed by atoms with Crippen LogP contribution in [0.1, 0.15) is 37.7 Å². The van der Waals surface area contributed by atoms with Crippen LogP contribution in [0.25, 0.3) is 0 Å². The Morgan fingerprint density at radius 1 is 1.25 bits per heavy atom. The fourth-order valence-corrected chi connectivity index (χ4v) is 2.85. The van der Waals surface area contributed by atoms with Gasteiger partial charge in [-0.15, -0.1) is 0 Å². The second-order valence-electron chi connectivity index (χ2n) is 7.07. The maximum atomic E-state index is 12.4.